The molecule has 3 rings (SSSR count). The first-order chi connectivity index (χ1) is 15.2. The summed E-state index contributed by atoms with van der Waals surface area (Å²) in [6.07, 6.45) is -1.39. The Labute approximate surface area is 186 Å². The average Bonchev–Trinajstić information content (AvgIpc) is 3.15. The third kappa shape index (κ3) is 5.83. The average molecular weight is 488 g/mol. The van der Waals surface area contributed by atoms with Gasteiger partial charge in [0.25, 0.3) is 0 Å². The molecule has 0 saturated heterocycles. The van der Waals surface area contributed by atoms with Crippen molar-refractivity contribution in [3.8, 4) is 11.3 Å². The number of halogens is 4. The fourth-order valence-electron chi connectivity index (χ4n) is 2.80. The van der Waals surface area contributed by atoms with Gasteiger partial charge in [-0.15, -0.1) is 0 Å². The molecule has 9 nitrogen and oxygen atoms in total. The van der Waals surface area contributed by atoms with Crippen molar-refractivity contribution in [2.75, 3.05) is 5.32 Å². The minimum atomic E-state index is -4.78. The van der Waals surface area contributed by atoms with E-state index in [4.69, 9.17) is 5.14 Å². The number of nitrogens with two attached hydrogens (primary N) is 1. The first-order valence-electron chi connectivity index (χ1n) is 9.48. The number of nitrogens with one attached hydrogen (secondary N) is 1. The van der Waals surface area contributed by atoms with Gasteiger partial charge in [0, 0.05) is 18.0 Å². The minimum Gasteiger partial charge on any atom is -0.388 e. The van der Waals surface area contributed by atoms with Gasteiger partial charge in [0.15, 0.2) is 0 Å². The number of benzene rings is 1. The second-order valence-electron chi connectivity index (χ2n) is 7.54. The van der Waals surface area contributed by atoms with Crippen molar-refractivity contribution in [2.45, 2.75) is 43.5 Å². The smallest absolute Gasteiger partial charge is 0.388 e. The van der Waals surface area contributed by atoms with Crippen molar-refractivity contribution >= 4 is 21.7 Å². The molecule has 0 unspecified atom stereocenters. The Hall–Kier alpha value is -3.10. The number of sulfonamides is 1. The van der Waals surface area contributed by atoms with Gasteiger partial charge in [0.05, 0.1) is 34.6 Å². The summed E-state index contributed by atoms with van der Waals surface area (Å²) in [5, 5.41) is 21.6. The zero-order valence-corrected chi connectivity index (χ0v) is 18.2. The van der Waals surface area contributed by atoms with E-state index in [1.165, 1.54) is 10.9 Å². The Morgan fingerprint density at radius 2 is 1.94 bits per heavy atom. The molecule has 1 aromatic carbocycles. The summed E-state index contributed by atoms with van der Waals surface area (Å²) in [5.74, 6) is -1.39. The van der Waals surface area contributed by atoms with Crippen LogP contribution >= 0.6 is 0 Å². The van der Waals surface area contributed by atoms with Crippen molar-refractivity contribution in [3.63, 3.8) is 0 Å². The molecule has 2 aromatic heterocycles. The van der Waals surface area contributed by atoms with Gasteiger partial charge >= 0.3 is 6.18 Å². The zero-order valence-electron chi connectivity index (χ0n) is 17.4. The number of aromatic nitrogens is 4. The van der Waals surface area contributed by atoms with Gasteiger partial charge in [0.1, 0.15) is 11.4 Å². The SMILES string of the molecule is CC[C@@](C)(O)Cn1cc(-c2nc(Nc3ccc(S(N)(=O)=O)cc3F)ncc2C(F)(F)F)cn1. The van der Waals surface area contributed by atoms with E-state index in [0.29, 0.717) is 18.7 Å². The molecule has 178 valence electrons. The number of hydrogen-bond acceptors (Lipinski definition) is 7. The number of hydrogen-bond donors (Lipinski definition) is 3. The molecule has 0 bridgehead atoms. The molecule has 2 heterocycles. The fraction of sp³-hybridized carbons (Fsp3) is 0.316. The lowest BCUT2D eigenvalue weighted by molar-refractivity contribution is -0.137. The van der Waals surface area contributed by atoms with Crippen LogP contribution in [0.1, 0.15) is 25.8 Å². The molecule has 0 aliphatic heterocycles. The van der Waals surface area contributed by atoms with E-state index < -0.39 is 43.8 Å². The fourth-order valence-corrected chi connectivity index (χ4v) is 3.32. The highest BCUT2D eigenvalue weighted by molar-refractivity contribution is 7.89. The largest absolute Gasteiger partial charge is 0.419 e. The lowest BCUT2D eigenvalue weighted by Crippen LogP contribution is -2.29. The van der Waals surface area contributed by atoms with Crippen LogP contribution in [0.5, 0.6) is 0 Å². The van der Waals surface area contributed by atoms with Crippen LogP contribution in [0.15, 0.2) is 41.7 Å². The van der Waals surface area contributed by atoms with Crippen LogP contribution < -0.4 is 10.5 Å². The lowest BCUT2D eigenvalue weighted by atomic mass is 10.0. The number of alkyl halides is 3. The maximum absolute atomic E-state index is 14.3. The second kappa shape index (κ2) is 8.68. The summed E-state index contributed by atoms with van der Waals surface area (Å²) in [5.41, 5.74) is -3.04. The van der Waals surface area contributed by atoms with Gasteiger partial charge in [-0.25, -0.2) is 27.9 Å². The van der Waals surface area contributed by atoms with Crippen molar-refractivity contribution in [2.24, 2.45) is 5.14 Å². The van der Waals surface area contributed by atoms with E-state index in [9.17, 15) is 31.1 Å². The Morgan fingerprint density at radius 3 is 2.52 bits per heavy atom. The Bertz CT molecular complexity index is 1270. The number of aliphatic hydroxyl groups is 1. The van der Waals surface area contributed by atoms with Gasteiger partial charge in [0.2, 0.25) is 16.0 Å². The van der Waals surface area contributed by atoms with Crippen LogP contribution in [0.25, 0.3) is 11.3 Å². The summed E-state index contributed by atoms with van der Waals surface area (Å²) in [6.45, 7) is 3.36. The quantitative estimate of drug-likeness (QED) is 0.435. The first-order valence-corrected chi connectivity index (χ1v) is 11.0. The highest BCUT2D eigenvalue weighted by atomic mass is 32.2. The van der Waals surface area contributed by atoms with Gasteiger partial charge in [-0.3, -0.25) is 4.68 Å². The van der Waals surface area contributed by atoms with Gasteiger partial charge in [-0.05, 0) is 31.5 Å². The van der Waals surface area contributed by atoms with E-state index in [2.05, 4.69) is 20.4 Å². The standard InChI is InChI=1S/C19H20F4N6O3S/c1-3-18(2,30)10-29-9-11(7-26-29)16-13(19(21,22)23)8-25-17(28-16)27-15-5-4-12(6-14(15)20)33(24,31)32/h4-9,30H,3,10H2,1-2H3,(H2,24,31,32)(H,25,27,28)/t18-/m1/s1. The molecule has 0 radical (unpaired) electrons. The summed E-state index contributed by atoms with van der Waals surface area (Å²) in [7, 11) is -4.14. The monoisotopic (exact) mass is 488 g/mol. The Morgan fingerprint density at radius 1 is 1.24 bits per heavy atom. The van der Waals surface area contributed by atoms with Gasteiger partial charge < -0.3 is 10.4 Å². The van der Waals surface area contributed by atoms with E-state index in [1.54, 1.807) is 13.8 Å². The molecule has 4 N–H and O–H groups in total. The lowest BCUT2D eigenvalue weighted by Gasteiger charge is -2.20. The van der Waals surface area contributed by atoms with Gasteiger partial charge in [-0.1, -0.05) is 6.92 Å². The van der Waals surface area contributed by atoms with E-state index in [0.717, 1.165) is 18.3 Å². The van der Waals surface area contributed by atoms with Crippen LogP contribution in [0.4, 0.5) is 29.2 Å². The van der Waals surface area contributed by atoms with E-state index >= 15 is 0 Å². The van der Waals surface area contributed by atoms with Crippen LogP contribution in [0, 0.1) is 5.82 Å². The molecule has 3 aromatic rings. The molecular weight excluding hydrogens is 468 g/mol. The molecule has 0 aliphatic carbocycles. The van der Waals surface area contributed by atoms with Crippen molar-refractivity contribution in [3.05, 3.63) is 48.2 Å². The summed E-state index contributed by atoms with van der Waals surface area (Å²) >= 11 is 0. The third-order valence-electron chi connectivity index (χ3n) is 4.78. The van der Waals surface area contributed by atoms with Gasteiger partial charge in [-0.2, -0.15) is 18.3 Å². The maximum Gasteiger partial charge on any atom is 0.419 e. The van der Waals surface area contributed by atoms with Crippen LogP contribution in [-0.4, -0.2) is 38.9 Å². The summed E-state index contributed by atoms with van der Waals surface area (Å²) in [6, 6.07) is 2.72. The number of nitrogens with zero attached hydrogens (tertiary/aromatic N) is 4. The molecule has 0 fully saturated rings. The number of primary sulfonamides is 1. The molecule has 0 amide bonds. The minimum absolute atomic E-state index is 0.00437. The van der Waals surface area contributed by atoms with E-state index in [1.807, 2.05) is 0 Å². The maximum atomic E-state index is 14.3. The molecule has 0 saturated carbocycles. The second-order valence-corrected chi connectivity index (χ2v) is 9.10. The molecular formula is C19H20F4N6O3S. The van der Waals surface area contributed by atoms with E-state index in [-0.39, 0.29) is 23.7 Å². The Kier molecular flexibility index (Phi) is 6.46. The highest BCUT2D eigenvalue weighted by Gasteiger charge is 2.36. The topological polar surface area (TPSA) is 136 Å². The molecule has 0 aliphatic rings. The highest BCUT2D eigenvalue weighted by Crippen LogP contribution is 2.36. The van der Waals surface area contributed by atoms with Crippen LogP contribution in [0.2, 0.25) is 0 Å². The van der Waals surface area contributed by atoms with Crippen molar-refractivity contribution in [1.82, 2.24) is 19.7 Å². The van der Waals surface area contributed by atoms with Crippen LogP contribution in [-0.2, 0) is 22.7 Å². The van der Waals surface area contributed by atoms with Crippen molar-refractivity contribution < 1.29 is 31.1 Å². The zero-order chi connectivity index (χ0) is 24.6. The van der Waals surface area contributed by atoms with Crippen LogP contribution in [0.3, 0.4) is 0 Å². The Balaban J connectivity index is 1.99. The third-order valence-corrected chi connectivity index (χ3v) is 5.69. The summed E-state index contributed by atoms with van der Waals surface area (Å²) < 4.78 is 78.9. The molecule has 1 atom stereocenters. The predicted octanol–water partition coefficient (Wildman–Crippen LogP) is 3.05. The number of rotatable bonds is 7. The van der Waals surface area contributed by atoms with Crippen molar-refractivity contribution in [1.29, 1.82) is 0 Å². The first kappa shape index (κ1) is 24.5. The summed E-state index contributed by atoms with van der Waals surface area (Å²) in [4.78, 5) is 7.00. The predicted molar refractivity (Wildman–Crippen MR) is 110 cm³/mol. The molecule has 33 heavy (non-hydrogen) atoms. The molecule has 14 heteroatoms. The number of anilines is 2. The molecule has 0 spiro atoms. The normalized spacial score (nSPS) is 14.2.